The van der Waals surface area contributed by atoms with Crippen molar-refractivity contribution in [1.82, 2.24) is 19.2 Å². The molecule has 3 heterocycles. The fourth-order valence-corrected chi connectivity index (χ4v) is 4.90. The van der Waals surface area contributed by atoms with Crippen molar-refractivity contribution in [3.8, 4) is 0 Å². The van der Waals surface area contributed by atoms with Crippen molar-refractivity contribution >= 4 is 27.3 Å². The zero-order valence-corrected chi connectivity index (χ0v) is 14.8. The Morgan fingerprint density at radius 1 is 1.46 bits per heavy atom. The molecule has 0 unspecified atom stereocenters. The van der Waals surface area contributed by atoms with Crippen molar-refractivity contribution in [1.29, 1.82) is 0 Å². The number of sulfonamides is 1. The number of rotatable bonds is 6. The van der Waals surface area contributed by atoms with Crippen LogP contribution in [0.2, 0.25) is 0 Å². The maximum Gasteiger partial charge on any atom is 0.250 e. The second-order valence-corrected chi connectivity index (χ2v) is 8.81. The molecule has 1 aliphatic heterocycles. The molecular weight excluding hydrogens is 348 g/mol. The van der Waals surface area contributed by atoms with E-state index in [0.29, 0.717) is 19.0 Å². The van der Waals surface area contributed by atoms with Gasteiger partial charge in [-0.15, -0.1) is 11.3 Å². The zero-order chi connectivity index (χ0) is 17.0. The highest BCUT2D eigenvalue weighted by molar-refractivity contribution is 7.91. The normalized spacial score (nSPS) is 18.7. The number of amides is 1. The summed E-state index contributed by atoms with van der Waals surface area (Å²) in [4.78, 5) is 18.1. The third-order valence-corrected chi connectivity index (χ3v) is 6.87. The van der Waals surface area contributed by atoms with Crippen molar-refractivity contribution in [3.05, 3.63) is 36.2 Å². The molecule has 1 amide bonds. The van der Waals surface area contributed by atoms with Gasteiger partial charge in [-0.25, -0.2) is 18.1 Å². The molecular formula is C15H20N4O3S2. The average molecular weight is 368 g/mol. The summed E-state index contributed by atoms with van der Waals surface area (Å²) in [6.07, 6.45) is 7.42. The molecule has 0 bridgehead atoms. The van der Waals surface area contributed by atoms with Gasteiger partial charge in [-0.2, -0.15) is 0 Å². The molecule has 3 rings (SSSR count). The van der Waals surface area contributed by atoms with Crippen molar-refractivity contribution in [2.24, 2.45) is 5.92 Å². The number of likely N-dealkylation sites (tertiary alicyclic amines) is 1. The van der Waals surface area contributed by atoms with E-state index in [1.807, 2.05) is 10.8 Å². The largest absolute Gasteiger partial charge is 0.341 e. The molecule has 0 aliphatic carbocycles. The van der Waals surface area contributed by atoms with E-state index in [2.05, 4.69) is 9.71 Å². The second-order valence-electron chi connectivity index (χ2n) is 5.86. The third-order valence-electron chi connectivity index (χ3n) is 4.07. The van der Waals surface area contributed by atoms with Crippen LogP contribution in [0.5, 0.6) is 0 Å². The fourth-order valence-electron chi connectivity index (χ4n) is 2.89. The molecule has 0 aromatic carbocycles. The number of piperidine rings is 1. The zero-order valence-electron chi connectivity index (χ0n) is 13.2. The first kappa shape index (κ1) is 17.1. The molecule has 24 heavy (non-hydrogen) atoms. The number of hydrogen-bond acceptors (Lipinski definition) is 5. The molecule has 2 aromatic heterocycles. The molecule has 1 N–H and O–H groups in total. The van der Waals surface area contributed by atoms with Crippen LogP contribution in [0.3, 0.4) is 0 Å². The third kappa shape index (κ3) is 4.22. The standard InChI is InChI=1S/C15H20N4O3S2/c20-14(9-17-24(21,22)15-4-2-8-23-15)19-6-1-3-13(11-19)10-18-7-5-16-12-18/h2,4-5,7-8,12-13,17H,1,3,6,9-11H2/t13-/m0/s1. The maximum atomic E-state index is 12.3. The molecule has 2 aromatic rings. The van der Waals surface area contributed by atoms with Crippen molar-refractivity contribution in [3.63, 3.8) is 0 Å². The van der Waals surface area contributed by atoms with Crippen molar-refractivity contribution in [2.45, 2.75) is 23.6 Å². The van der Waals surface area contributed by atoms with Crippen LogP contribution in [-0.4, -0.2) is 48.4 Å². The summed E-state index contributed by atoms with van der Waals surface area (Å²) in [5, 5.41) is 1.70. The van der Waals surface area contributed by atoms with E-state index in [-0.39, 0.29) is 16.7 Å². The summed E-state index contributed by atoms with van der Waals surface area (Å²) in [5.41, 5.74) is 0. The van der Waals surface area contributed by atoms with Crippen LogP contribution in [-0.2, 0) is 21.4 Å². The smallest absolute Gasteiger partial charge is 0.250 e. The van der Waals surface area contributed by atoms with Gasteiger partial charge in [-0.05, 0) is 30.2 Å². The summed E-state index contributed by atoms with van der Waals surface area (Å²) >= 11 is 1.14. The quantitative estimate of drug-likeness (QED) is 0.829. The van der Waals surface area contributed by atoms with Crippen LogP contribution in [0.4, 0.5) is 0 Å². The first-order chi connectivity index (χ1) is 11.5. The number of nitrogens with zero attached hydrogens (tertiary/aromatic N) is 3. The minimum atomic E-state index is -3.60. The fraction of sp³-hybridized carbons (Fsp3) is 0.467. The number of hydrogen-bond donors (Lipinski definition) is 1. The van der Waals surface area contributed by atoms with Gasteiger partial charge >= 0.3 is 0 Å². The Morgan fingerprint density at radius 3 is 3.04 bits per heavy atom. The van der Waals surface area contributed by atoms with Crippen LogP contribution < -0.4 is 4.72 Å². The van der Waals surface area contributed by atoms with Gasteiger partial charge < -0.3 is 9.47 Å². The van der Waals surface area contributed by atoms with E-state index >= 15 is 0 Å². The Hall–Kier alpha value is -1.71. The number of carbonyl (C=O) groups is 1. The highest BCUT2D eigenvalue weighted by Gasteiger charge is 2.25. The first-order valence-corrected chi connectivity index (χ1v) is 10.2. The highest BCUT2D eigenvalue weighted by Crippen LogP contribution is 2.19. The first-order valence-electron chi connectivity index (χ1n) is 7.81. The molecule has 130 valence electrons. The van der Waals surface area contributed by atoms with Gasteiger partial charge in [-0.1, -0.05) is 6.07 Å². The molecule has 1 atom stereocenters. The van der Waals surface area contributed by atoms with Gasteiger partial charge in [0.25, 0.3) is 10.0 Å². The topological polar surface area (TPSA) is 84.3 Å². The van der Waals surface area contributed by atoms with Crippen molar-refractivity contribution in [2.75, 3.05) is 19.6 Å². The Balaban J connectivity index is 1.53. The van der Waals surface area contributed by atoms with Gasteiger partial charge in [0, 0.05) is 32.0 Å². The maximum absolute atomic E-state index is 12.3. The molecule has 0 spiro atoms. The van der Waals surface area contributed by atoms with Crippen LogP contribution in [0.15, 0.2) is 40.4 Å². The number of aromatic nitrogens is 2. The Labute approximate surface area is 145 Å². The predicted octanol–water partition coefficient (Wildman–Crippen LogP) is 1.16. The Bertz CT molecular complexity index is 757. The summed E-state index contributed by atoms with van der Waals surface area (Å²) in [7, 11) is -3.60. The summed E-state index contributed by atoms with van der Waals surface area (Å²) in [6.45, 7) is 1.96. The van der Waals surface area contributed by atoms with Crippen molar-refractivity contribution < 1.29 is 13.2 Å². The summed E-state index contributed by atoms with van der Waals surface area (Å²) < 4.78 is 28.8. The second kappa shape index (κ2) is 7.45. The van der Waals surface area contributed by atoms with Gasteiger partial charge in [0.05, 0.1) is 12.9 Å². The minimum Gasteiger partial charge on any atom is -0.341 e. The highest BCUT2D eigenvalue weighted by atomic mass is 32.2. The lowest BCUT2D eigenvalue weighted by molar-refractivity contribution is -0.131. The molecule has 1 fully saturated rings. The van der Waals surface area contributed by atoms with Crippen LogP contribution >= 0.6 is 11.3 Å². The van der Waals surface area contributed by atoms with Crippen LogP contribution in [0, 0.1) is 5.92 Å². The number of imidazole rings is 1. The monoisotopic (exact) mass is 368 g/mol. The van der Waals surface area contributed by atoms with Crippen LogP contribution in [0.25, 0.3) is 0 Å². The molecule has 0 saturated carbocycles. The minimum absolute atomic E-state index is 0.175. The molecule has 9 heteroatoms. The van der Waals surface area contributed by atoms with E-state index in [0.717, 1.165) is 30.7 Å². The number of thiophene rings is 1. The molecule has 1 aliphatic rings. The number of nitrogens with one attached hydrogen (secondary N) is 1. The van der Waals surface area contributed by atoms with Gasteiger partial charge in [-0.3, -0.25) is 4.79 Å². The molecule has 1 saturated heterocycles. The predicted molar refractivity (Wildman–Crippen MR) is 91.0 cm³/mol. The van der Waals surface area contributed by atoms with E-state index in [4.69, 9.17) is 0 Å². The van der Waals surface area contributed by atoms with E-state index in [1.165, 1.54) is 6.07 Å². The van der Waals surface area contributed by atoms with Gasteiger partial charge in [0.15, 0.2) is 0 Å². The summed E-state index contributed by atoms with van der Waals surface area (Å²) in [5.74, 6) is 0.191. The molecule has 7 nitrogen and oxygen atoms in total. The molecule has 0 radical (unpaired) electrons. The van der Waals surface area contributed by atoms with E-state index < -0.39 is 10.0 Å². The Morgan fingerprint density at radius 2 is 2.33 bits per heavy atom. The van der Waals surface area contributed by atoms with E-state index in [1.54, 1.807) is 28.9 Å². The lowest BCUT2D eigenvalue weighted by Crippen LogP contribution is -2.45. The average Bonchev–Trinajstić information content (AvgIpc) is 3.26. The van der Waals surface area contributed by atoms with Gasteiger partial charge in [0.2, 0.25) is 5.91 Å². The lowest BCUT2D eigenvalue weighted by atomic mass is 9.98. The van der Waals surface area contributed by atoms with Crippen LogP contribution in [0.1, 0.15) is 12.8 Å². The summed E-state index contributed by atoms with van der Waals surface area (Å²) in [6, 6.07) is 3.20. The SMILES string of the molecule is O=C(CNS(=O)(=O)c1cccs1)N1CCC[C@@H](Cn2ccnc2)C1. The lowest BCUT2D eigenvalue weighted by Gasteiger charge is -2.33. The number of carbonyl (C=O) groups excluding carboxylic acids is 1. The Kier molecular flexibility index (Phi) is 5.32. The van der Waals surface area contributed by atoms with E-state index in [9.17, 15) is 13.2 Å². The van der Waals surface area contributed by atoms with Gasteiger partial charge in [0.1, 0.15) is 4.21 Å².